The number of para-hydroxylation sites is 1. The van der Waals surface area contributed by atoms with E-state index >= 15 is 0 Å². The van der Waals surface area contributed by atoms with Gasteiger partial charge in [0.15, 0.2) is 27.0 Å². The van der Waals surface area contributed by atoms with Crippen molar-refractivity contribution in [2.24, 2.45) is 0 Å². The quantitative estimate of drug-likeness (QED) is 0.496. The number of aromatic nitrogens is 3. The van der Waals surface area contributed by atoms with Gasteiger partial charge in [0.2, 0.25) is 5.91 Å². The Morgan fingerprint density at radius 1 is 1.22 bits per heavy atom. The largest absolute Gasteiger partial charge is 0.385 e. The molecule has 2 aromatic heterocycles. The van der Waals surface area contributed by atoms with E-state index in [1.807, 2.05) is 0 Å². The maximum absolute atomic E-state index is 12.9. The third-order valence-corrected chi connectivity index (χ3v) is 6.41. The van der Waals surface area contributed by atoms with Crippen molar-refractivity contribution in [3.05, 3.63) is 42.2 Å². The maximum atomic E-state index is 12.9. The lowest BCUT2D eigenvalue weighted by Gasteiger charge is -2.14. The molecule has 3 N–H and O–H groups in total. The van der Waals surface area contributed by atoms with Gasteiger partial charge < -0.3 is 20.9 Å². The fourth-order valence-electron chi connectivity index (χ4n) is 3.59. The molecule has 0 saturated carbocycles. The number of benzene rings is 1. The normalized spacial score (nSPS) is 16.4. The number of rotatable bonds is 6. The first-order valence-corrected chi connectivity index (χ1v) is 11.8. The minimum absolute atomic E-state index is 0.125. The van der Waals surface area contributed by atoms with Crippen LogP contribution < -0.4 is 16.0 Å². The van der Waals surface area contributed by atoms with Crippen LogP contribution in [-0.2, 0) is 14.6 Å². The first-order valence-electron chi connectivity index (χ1n) is 9.87. The van der Waals surface area contributed by atoms with Gasteiger partial charge in [0.05, 0.1) is 22.5 Å². The van der Waals surface area contributed by atoms with Crippen molar-refractivity contribution in [3.63, 3.8) is 0 Å². The van der Waals surface area contributed by atoms with E-state index in [9.17, 15) is 18.0 Å². The van der Waals surface area contributed by atoms with Crippen LogP contribution in [0.5, 0.6) is 0 Å². The Bertz CT molecular complexity index is 1320. The van der Waals surface area contributed by atoms with Gasteiger partial charge in [0.25, 0.3) is 5.91 Å². The number of nitrogens with one attached hydrogen (secondary N) is 3. The molecular formula is C20H23N7O4S. The summed E-state index contributed by atoms with van der Waals surface area (Å²) in [5.41, 5.74) is 1.50. The molecule has 0 radical (unpaired) electrons. The number of fused-ring (bicyclic) bond motifs is 1. The highest BCUT2D eigenvalue weighted by Crippen LogP contribution is 2.26. The van der Waals surface area contributed by atoms with Crippen molar-refractivity contribution in [3.8, 4) is 0 Å². The first kappa shape index (κ1) is 21.6. The van der Waals surface area contributed by atoms with Gasteiger partial charge in [-0.15, -0.1) is 5.10 Å². The number of anilines is 3. The molecule has 1 fully saturated rings. The second kappa shape index (κ2) is 8.11. The van der Waals surface area contributed by atoms with Crippen LogP contribution in [0.25, 0.3) is 5.65 Å². The number of carbonyl (C=O) groups is 2. The average molecular weight is 458 g/mol. The number of sulfone groups is 1. The summed E-state index contributed by atoms with van der Waals surface area (Å²) in [6.07, 6.45) is 3.04. The van der Waals surface area contributed by atoms with Crippen LogP contribution in [0.15, 0.2) is 41.4 Å². The highest BCUT2D eigenvalue weighted by atomic mass is 32.2. The Morgan fingerprint density at radius 2 is 1.97 bits per heavy atom. The Hall–Kier alpha value is -3.67. The predicted octanol–water partition coefficient (Wildman–Crippen LogP) is 0.879. The van der Waals surface area contributed by atoms with E-state index < -0.39 is 21.8 Å². The molecule has 0 aliphatic carbocycles. The molecule has 1 atom stereocenters. The molecule has 12 heteroatoms. The average Bonchev–Trinajstić information content (AvgIpc) is 3.31. The number of imidazole rings is 1. The topological polar surface area (TPSA) is 138 Å². The van der Waals surface area contributed by atoms with Crippen molar-refractivity contribution >= 4 is 44.5 Å². The molecule has 1 saturated heterocycles. The Labute approximate surface area is 184 Å². The fraction of sp³-hybridized carbons (Fsp3) is 0.300. The number of likely N-dealkylation sites (N-methyl/N-ethyl adjacent to an activating group) is 1. The molecule has 32 heavy (non-hydrogen) atoms. The molecule has 1 aliphatic heterocycles. The fourth-order valence-corrected chi connectivity index (χ4v) is 4.43. The van der Waals surface area contributed by atoms with Crippen molar-refractivity contribution in [2.45, 2.75) is 17.4 Å². The van der Waals surface area contributed by atoms with Gasteiger partial charge in [-0.1, -0.05) is 12.1 Å². The third kappa shape index (κ3) is 3.96. The van der Waals surface area contributed by atoms with Crippen molar-refractivity contribution in [1.82, 2.24) is 24.8 Å². The van der Waals surface area contributed by atoms with Crippen LogP contribution in [0, 0.1) is 0 Å². The lowest BCUT2D eigenvalue weighted by Crippen LogP contribution is -2.41. The minimum atomic E-state index is -3.47. The van der Waals surface area contributed by atoms with Crippen LogP contribution in [-0.4, -0.2) is 72.7 Å². The number of carbonyl (C=O) groups excluding carboxylic acids is 2. The summed E-state index contributed by atoms with van der Waals surface area (Å²) in [6.45, 7) is 0.576. The maximum Gasteiger partial charge on any atom is 0.272 e. The van der Waals surface area contributed by atoms with E-state index in [4.69, 9.17) is 0 Å². The van der Waals surface area contributed by atoms with Crippen molar-refractivity contribution in [2.75, 3.05) is 37.5 Å². The molecule has 0 unspecified atom stereocenters. The summed E-state index contributed by atoms with van der Waals surface area (Å²) >= 11 is 0. The van der Waals surface area contributed by atoms with E-state index in [0.29, 0.717) is 35.8 Å². The number of amides is 2. The summed E-state index contributed by atoms with van der Waals surface area (Å²) in [7, 11) is -0.0811. The monoisotopic (exact) mass is 457 g/mol. The third-order valence-electron chi connectivity index (χ3n) is 5.25. The standard InChI is InChI=1S/C20H23N7O4S/c1-21-14-10-17(23-12-6-4-5-7-16(12)32(3,30)31)25-27-15(11-22-18(14)27)19(28)24-13-8-9-26(2)20(13)29/h4-7,10-11,13,21H,8-9H2,1-3H3,(H,23,25)(H,24,28)/t13-/m1/s1. The van der Waals surface area contributed by atoms with Gasteiger partial charge >= 0.3 is 0 Å². The zero-order chi connectivity index (χ0) is 23.0. The van der Waals surface area contributed by atoms with Gasteiger partial charge in [0, 0.05) is 33.0 Å². The molecule has 0 bridgehead atoms. The first-order chi connectivity index (χ1) is 15.2. The lowest BCUT2D eigenvalue weighted by atomic mass is 10.2. The number of likely N-dealkylation sites (tertiary alicyclic amines) is 1. The summed E-state index contributed by atoms with van der Waals surface area (Å²) in [6, 6.07) is 7.55. The van der Waals surface area contributed by atoms with Crippen molar-refractivity contribution < 1.29 is 18.0 Å². The molecule has 2 amide bonds. The number of nitrogens with zero attached hydrogens (tertiary/aromatic N) is 4. The second-order valence-corrected chi connectivity index (χ2v) is 9.52. The lowest BCUT2D eigenvalue weighted by molar-refractivity contribution is -0.128. The second-order valence-electron chi connectivity index (χ2n) is 7.54. The molecule has 1 aromatic carbocycles. The molecule has 4 rings (SSSR count). The van der Waals surface area contributed by atoms with Gasteiger partial charge in [-0.05, 0) is 18.6 Å². The van der Waals surface area contributed by atoms with Gasteiger partial charge in [-0.2, -0.15) is 0 Å². The van der Waals surface area contributed by atoms with Crippen molar-refractivity contribution in [1.29, 1.82) is 0 Å². The Kier molecular flexibility index (Phi) is 5.46. The minimum Gasteiger partial charge on any atom is -0.385 e. The predicted molar refractivity (Wildman–Crippen MR) is 119 cm³/mol. The molecule has 11 nitrogen and oxygen atoms in total. The van der Waals surface area contributed by atoms with Gasteiger partial charge in [-0.3, -0.25) is 9.59 Å². The van der Waals surface area contributed by atoms with Crippen LogP contribution in [0.1, 0.15) is 16.9 Å². The molecule has 3 heterocycles. The molecule has 168 valence electrons. The van der Waals surface area contributed by atoms with E-state index in [-0.39, 0.29) is 16.5 Å². The molecule has 3 aromatic rings. The van der Waals surface area contributed by atoms with Gasteiger partial charge in [-0.25, -0.2) is 17.9 Å². The highest BCUT2D eigenvalue weighted by molar-refractivity contribution is 7.90. The highest BCUT2D eigenvalue weighted by Gasteiger charge is 2.31. The summed E-state index contributed by atoms with van der Waals surface area (Å²) in [4.78, 5) is 31.0. The summed E-state index contributed by atoms with van der Waals surface area (Å²) in [5.74, 6) is -0.313. The van der Waals surface area contributed by atoms with Crippen LogP contribution in [0.4, 0.5) is 17.2 Å². The van der Waals surface area contributed by atoms with Gasteiger partial charge in [0.1, 0.15) is 6.04 Å². The van der Waals surface area contributed by atoms with Crippen LogP contribution >= 0.6 is 0 Å². The molecular weight excluding hydrogens is 434 g/mol. The number of hydrogen-bond donors (Lipinski definition) is 3. The zero-order valence-electron chi connectivity index (χ0n) is 17.8. The number of hydrogen-bond acceptors (Lipinski definition) is 8. The van der Waals surface area contributed by atoms with E-state index in [2.05, 4.69) is 26.0 Å². The summed E-state index contributed by atoms with van der Waals surface area (Å²) < 4.78 is 25.6. The molecule has 0 spiro atoms. The van der Waals surface area contributed by atoms with E-state index in [0.717, 1.165) is 6.26 Å². The summed E-state index contributed by atoms with van der Waals surface area (Å²) in [5, 5.41) is 13.2. The zero-order valence-corrected chi connectivity index (χ0v) is 18.6. The SMILES string of the molecule is CNc1cc(Nc2ccccc2S(C)(=O)=O)nn2c(C(=O)N[C@@H]3CCN(C)C3=O)cnc12. The smallest absolute Gasteiger partial charge is 0.272 e. The Morgan fingerprint density at radius 3 is 2.62 bits per heavy atom. The van der Waals surface area contributed by atoms with Crippen LogP contribution in [0.2, 0.25) is 0 Å². The Balaban J connectivity index is 1.71. The van der Waals surface area contributed by atoms with E-state index in [1.54, 1.807) is 43.3 Å². The van der Waals surface area contributed by atoms with Crippen LogP contribution in [0.3, 0.4) is 0 Å². The molecule has 1 aliphatic rings. The van der Waals surface area contributed by atoms with E-state index in [1.165, 1.54) is 16.8 Å².